The molecule has 0 bridgehead atoms. The highest BCUT2D eigenvalue weighted by molar-refractivity contribution is 5.87. The van der Waals surface area contributed by atoms with Crippen LogP contribution in [0, 0.1) is 0 Å². The molecule has 0 aliphatic carbocycles. The lowest BCUT2D eigenvalue weighted by atomic mass is 10.0. The number of rotatable bonds is 9. The van der Waals surface area contributed by atoms with Crippen LogP contribution in [0.3, 0.4) is 0 Å². The Labute approximate surface area is 167 Å². The third-order valence-electron chi connectivity index (χ3n) is 4.57. The summed E-state index contributed by atoms with van der Waals surface area (Å²) in [6.07, 6.45) is 10.6. The summed E-state index contributed by atoms with van der Waals surface area (Å²) in [6.45, 7) is 6.00. The first kappa shape index (κ1) is 19.8. The molecule has 3 aromatic rings. The highest BCUT2D eigenvalue weighted by Gasteiger charge is 2.03. The maximum Gasteiger partial charge on any atom is 0.119 e. The van der Waals surface area contributed by atoms with Crippen molar-refractivity contribution in [3.05, 3.63) is 79.0 Å². The molecule has 28 heavy (non-hydrogen) atoms. The van der Waals surface area contributed by atoms with E-state index in [0.717, 1.165) is 41.7 Å². The van der Waals surface area contributed by atoms with E-state index in [4.69, 9.17) is 4.74 Å². The Morgan fingerprint density at radius 2 is 1.93 bits per heavy atom. The van der Waals surface area contributed by atoms with Crippen LogP contribution in [0.5, 0.6) is 5.75 Å². The molecule has 0 saturated heterocycles. The van der Waals surface area contributed by atoms with Crippen molar-refractivity contribution >= 4 is 16.8 Å². The van der Waals surface area contributed by atoms with Gasteiger partial charge in [-0.1, -0.05) is 36.9 Å². The number of ether oxygens (including phenoxy) is 1. The topological polar surface area (TPSA) is 42.4 Å². The number of fused-ring (bicyclic) bond motifs is 1. The van der Waals surface area contributed by atoms with E-state index in [9.17, 15) is 5.11 Å². The molecular formula is C25H27NO2. The lowest BCUT2D eigenvalue weighted by Crippen LogP contribution is -1.97. The van der Waals surface area contributed by atoms with Crippen LogP contribution in [0.25, 0.3) is 28.1 Å². The van der Waals surface area contributed by atoms with Crippen LogP contribution in [0.15, 0.2) is 73.5 Å². The molecule has 3 nitrogen and oxygen atoms in total. The third-order valence-corrected chi connectivity index (χ3v) is 4.57. The van der Waals surface area contributed by atoms with E-state index in [1.54, 1.807) is 6.08 Å². The SMILES string of the molecule is C=CCOc1ccc(-c2cc3ccc(/C=C/CCCC(C)O)cc3cn2)cc1. The van der Waals surface area contributed by atoms with Crippen LogP contribution in [-0.4, -0.2) is 22.8 Å². The maximum absolute atomic E-state index is 9.30. The van der Waals surface area contributed by atoms with Crippen LogP contribution >= 0.6 is 0 Å². The summed E-state index contributed by atoms with van der Waals surface area (Å²) in [5.41, 5.74) is 3.18. The zero-order valence-corrected chi connectivity index (χ0v) is 16.3. The van der Waals surface area contributed by atoms with Crippen molar-refractivity contribution in [2.24, 2.45) is 0 Å². The van der Waals surface area contributed by atoms with Gasteiger partial charge in [0, 0.05) is 17.1 Å². The third kappa shape index (κ3) is 5.54. The fourth-order valence-electron chi connectivity index (χ4n) is 3.05. The van der Waals surface area contributed by atoms with E-state index in [2.05, 4.69) is 48.0 Å². The largest absolute Gasteiger partial charge is 0.490 e. The second-order valence-corrected chi connectivity index (χ2v) is 6.98. The predicted molar refractivity (Wildman–Crippen MR) is 117 cm³/mol. The first-order valence-corrected chi connectivity index (χ1v) is 9.74. The molecule has 0 radical (unpaired) electrons. The Morgan fingerprint density at radius 3 is 2.68 bits per heavy atom. The fraction of sp³-hybridized carbons (Fsp3) is 0.240. The Hall–Kier alpha value is -2.91. The van der Waals surface area contributed by atoms with Crippen molar-refractivity contribution in [2.75, 3.05) is 6.61 Å². The Morgan fingerprint density at radius 1 is 1.11 bits per heavy atom. The smallest absolute Gasteiger partial charge is 0.119 e. The van der Waals surface area contributed by atoms with Gasteiger partial charge in [-0.15, -0.1) is 0 Å². The Balaban J connectivity index is 1.70. The molecule has 1 unspecified atom stereocenters. The Kier molecular flexibility index (Phi) is 6.99. The van der Waals surface area contributed by atoms with Crippen LogP contribution in [-0.2, 0) is 0 Å². The van der Waals surface area contributed by atoms with Crippen molar-refractivity contribution in [3.63, 3.8) is 0 Å². The number of unbranched alkanes of at least 4 members (excludes halogenated alkanes) is 1. The summed E-state index contributed by atoms with van der Waals surface area (Å²) in [5.74, 6) is 0.828. The molecule has 0 saturated carbocycles. The van der Waals surface area contributed by atoms with Gasteiger partial charge in [0.25, 0.3) is 0 Å². The number of pyridine rings is 1. The van der Waals surface area contributed by atoms with Gasteiger partial charge in [-0.05, 0) is 73.5 Å². The monoisotopic (exact) mass is 373 g/mol. The number of hydrogen-bond acceptors (Lipinski definition) is 3. The molecule has 144 valence electrons. The van der Waals surface area contributed by atoms with E-state index in [1.807, 2.05) is 37.4 Å². The molecule has 0 aliphatic heterocycles. The summed E-state index contributed by atoms with van der Waals surface area (Å²) in [4.78, 5) is 4.63. The summed E-state index contributed by atoms with van der Waals surface area (Å²) in [5, 5.41) is 11.6. The van der Waals surface area contributed by atoms with Gasteiger partial charge in [0.15, 0.2) is 0 Å². The first-order chi connectivity index (χ1) is 13.7. The van der Waals surface area contributed by atoms with Crippen molar-refractivity contribution < 1.29 is 9.84 Å². The molecule has 1 aromatic heterocycles. The number of hydrogen-bond donors (Lipinski definition) is 1. The van der Waals surface area contributed by atoms with Crippen molar-refractivity contribution in [1.82, 2.24) is 4.98 Å². The molecule has 2 aromatic carbocycles. The molecule has 1 N–H and O–H groups in total. The molecule has 3 rings (SSSR count). The summed E-state index contributed by atoms with van der Waals surface area (Å²) < 4.78 is 5.53. The number of benzene rings is 2. The van der Waals surface area contributed by atoms with E-state index >= 15 is 0 Å². The standard InChI is InChI=1S/C25H27NO2/c1-3-15-28-24-13-11-21(12-14-24)25-17-22-10-9-20(16-23(22)18-26-25)8-6-4-5-7-19(2)27/h3,6,8-14,16-19,27H,1,4-5,7,15H2,2H3/b8-6+. The quantitative estimate of drug-likeness (QED) is 0.368. The molecular weight excluding hydrogens is 346 g/mol. The van der Waals surface area contributed by atoms with Gasteiger partial charge >= 0.3 is 0 Å². The number of aliphatic hydroxyl groups excluding tert-OH is 1. The fourth-order valence-corrected chi connectivity index (χ4v) is 3.05. The molecule has 1 atom stereocenters. The van der Waals surface area contributed by atoms with Crippen LogP contribution in [0.4, 0.5) is 0 Å². The van der Waals surface area contributed by atoms with Gasteiger partial charge in [-0.3, -0.25) is 4.98 Å². The van der Waals surface area contributed by atoms with Gasteiger partial charge in [0.05, 0.1) is 11.8 Å². The van der Waals surface area contributed by atoms with Crippen molar-refractivity contribution in [1.29, 1.82) is 0 Å². The van der Waals surface area contributed by atoms with Crippen LogP contribution in [0.1, 0.15) is 31.7 Å². The molecule has 0 amide bonds. The minimum Gasteiger partial charge on any atom is -0.490 e. The predicted octanol–water partition coefficient (Wildman–Crippen LogP) is 6.03. The zero-order chi connectivity index (χ0) is 19.8. The minimum atomic E-state index is -0.217. The van der Waals surface area contributed by atoms with Gasteiger partial charge < -0.3 is 9.84 Å². The first-order valence-electron chi connectivity index (χ1n) is 9.74. The number of aliphatic hydroxyl groups is 1. The van der Waals surface area contributed by atoms with Crippen molar-refractivity contribution in [3.8, 4) is 17.0 Å². The lowest BCUT2D eigenvalue weighted by molar-refractivity contribution is 0.182. The molecule has 0 aliphatic rings. The van der Waals surface area contributed by atoms with Crippen LogP contribution < -0.4 is 4.74 Å². The summed E-state index contributed by atoms with van der Waals surface area (Å²) in [6, 6.07) is 16.5. The molecule has 0 spiro atoms. The highest BCUT2D eigenvalue weighted by atomic mass is 16.5. The van der Waals surface area contributed by atoms with Gasteiger partial charge in [0.1, 0.15) is 12.4 Å². The second kappa shape index (κ2) is 9.86. The number of nitrogens with zero attached hydrogens (tertiary/aromatic N) is 1. The van der Waals surface area contributed by atoms with Crippen LogP contribution in [0.2, 0.25) is 0 Å². The maximum atomic E-state index is 9.30. The lowest BCUT2D eigenvalue weighted by Gasteiger charge is -2.06. The second-order valence-electron chi connectivity index (χ2n) is 6.98. The molecule has 1 heterocycles. The Bertz CT molecular complexity index is 942. The molecule has 0 fully saturated rings. The van der Waals surface area contributed by atoms with Gasteiger partial charge in [0.2, 0.25) is 0 Å². The van der Waals surface area contributed by atoms with E-state index < -0.39 is 0 Å². The average molecular weight is 373 g/mol. The number of aromatic nitrogens is 1. The van der Waals surface area contributed by atoms with Gasteiger partial charge in [-0.2, -0.15) is 0 Å². The average Bonchev–Trinajstić information content (AvgIpc) is 2.71. The number of allylic oxidation sites excluding steroid dienone is 1. The van der Waals surface area contributed by atoms with E-state index in [0.29, 0.717) is 6.61 Å². The van der Waals surface area contributed by atoms with Crippen molar-refractivity contribution in [2.45, 2.75) is 32.3 Å². The molecule has 3 heteroatoms. The minimum absolute atomic E-state index is 0.217. The normalized spacial score (nSPS) is 12.4. The highest BCUT2D eigenvalue weighted by Crippen LogP contribution is 2.25. The summed E-state index contributed by atoms with van der Waals surface area (Å²) in [7, 11) is 0. The van der Waals surface area contributed by atoms with E-state index in [1.165, 1.54) is 10.9 Å². The summed E-state index contributed by atoms with van der Waals surface area (Å²) >= 11 is 0. The van der Waals surface area contributed by atoms with Gasteiger partial charge in [-0.25, -0.2) is 0 Å². The zero-order valence-electron chi connectivity index (χ0n) is 16.3. The van der Waals surface area contributed by atoms with E-state index in [-0.39, 0.29) is 6.10 Å².